The Bertz CT molecular complexity index is 5120. The maximum atomic E-state index is 15.5. The molecule has 16 atom stereocenters. The van der Waals surface area contributed by atoms with Crippen molar-refractivity contribution >= 4 is 108 Å². The maximum Gasteiger partial charge on any atom is 0.426 e. The first-order valence-electron chi connectivity index (χ1n) is 39.2. The van der Waals surface area contributed by atoms with E-state index in [4.69, 9.17) is 28.1 Å². The smallest absolute Gasteiger partial charge is 0.426 e. The number of piperidine rings is 1. The third-order valence-electron chi connectivity index (χ3n) is 25.7. The van der Waals surface area contributed by atoms with Crippen molar-refractivity contribution in [2.45, 2.75) is 182 Å². The molecule has 13 N–H and O–H groups in total. The minimum atomic E-state index is -2.67. The number of carboxylic acid groups (broad SMARTS) is 2. The van der Waals surface area contributed by atoms with Gasteiger partial charge in [0.2, 0.25) is 17.8 Å². The molecule has 7 aliphatic rings. The summed E-state index contributed by atoms with van der Waals surface area (Å²) in [6.45, 7) is 11.8. The fraction of sp³-hybridized carbons (Fsp3) is 0.512. The second-order valence-electron chi connectivity index (χ2n) is 32.9. The number of nitrogens with zero attached hydrogens (tertiary/aromatic N) is 6. The highest BCUT2D eigenvalue weighted by Gasteiger charge is 2.83. The first kappa shape index (κ1) is 83.7. The van der Waals surface area contributed by atoms with Crippen LogP contribution >= 0.6 is 21.6 Å². The highest BCUT2D eigenvalue weighted by atomic mass is 33.1. The highest BCUT2D eigenvalue weighted by Crippen LogP contribution is 2.72. The number of amides is 4. The van der Waals surface area contributed by atoms with Gasteiger partial charge in [-0.3, -0.25) is 63.4 Å². The second kappa shape index (κ2) is 33.1. The van der Waals surface area contributed by atoms with Crippen LogP contribution in [0, 0.1) is 53.8 Å². The number of aromatic nitrogens is 5. The van der Waals surface area contributed by atoms with Gasteiger partial charge in [-0.1, -0.05) is 89.5 Å². The number of hydrazine groups is 1. The van der Waals surface area contributed by atoms with Gasteiger partial charge in [-0.25, -0.2) is 20.2 Å². The number of carboxylic acids is 2. The van der Waals surface area contributed by atoms with Gasteiger partial charge in [-0.05, 0) is 107 Å². The van der Waals surface area contributed by atoms with Crippen molar-refractivity contribution in [2.24, 2.45) is 29.1 Å². The quantitative estimate of drug-likeness (QED) is 0.00647. The Labute approximate surface area is 678 Å². The highest BCUT2D eigenvalue weighted by molar-refractivity contribution is 8.76. The molecule has 6 aromatic rings. The number of nitrogen functional groups attached to an aromatic ring is 1. The van der Waals surface area contributed by atoms with Crippen LogP contribution in [-0.4, -0.2) is 219 Å². The van der Waals surface area contributed by atoms with Crippen molar-refractivity contribution in [3.63, 3.8) is 0 Å². The summed E-state index contributed by atoms with van der Waals surface area (Å²) >= 11 is 0. The number of aliphatic hydroxyl groups excluding tert-OH is 1. The molecule has 3 aromatic carbocycles. The average molecular weight is 1630 g/mol. The molecule has 5 aliphatic heterocycles. The van der Waals surface area contributed by atoms with Crippen LogP contribution in [0.25, 0.3) is 22.1 Å². The molecule has 2 saturated heterocycles. The van der Waals surface area contributed by atoms with E-state index >= 15 is 4.79 Å². The van der Waals surface area contributed by atoms with Gasteiger partial charge < -0.3 is 61.3 Å². The van der Waals surface area contributed by atoms with Crippen LogP contribution in [0.2, 0.25) is 0 Å². The van der Waals surface area contributed by atoms with E-state index in [1.165, 1.54) is 18.7 Å². The van der Waals surface area contributed by atoms with E-state index in [1.807, 2.05) is 44.0 Å². The van der Waals surface area contributed by atoms with Crippen LogP contribution < -0.4 is 42.4 Å². The lowest BCUT2D eigenvalue weighted by molar-refractivity contribution is -0.209. The topological polar surface area (TPSA) is 444 Å². The van der Waals surface area contributed by atoms with Crippen molar-refractivity contribution in [1.82, 2.24) is 56.2 Å². The molecule has 116 heavy (non-hydrogen) atoms. The van der Waals surface area contributed by atoms with Crippen molar-refractivity contribution in [3.05, 3.63) is 128 Å². The van der Waals surface area contributed by atoms with Crippen molar-refractivity contribution < 1.29 is 78.2 Å². The fourth-order valence-electron chi connectivity index (χ4n) is 20.3. The normalized spacial score (nSPS) is 27.2. The number of ether oxygens (including phenoxy) is 2. The number of nitrogens with one attached hydrogen (secondary N) is 6. The Morgan fingerprint density at radius 3 is 2.28 bits per heavy atom. The largest absolute Gasteiger partial charge is 0.496 e. The zero-order valence-electron chi connectivity index (χ0n) is 65.8. The number of rotatable bonds is 31. The molecule has 614 valence electrons. The van der Waals surface area contributed by atoms with Gasteiger partial charge in [-0.15, -0.1) is 24.7 Å². The average Bonchev–Trinajstić information content (AvgIpc) is 1.46. The number of anilines is 2. The van der Waals surface area contributed by atoms with E-state index in [2.05, 4.69) is 106 Å². The van der Waals surface area contributed by atoms with Crippen molar-refractivity contribution in [1.29, 1.82) is 0 Å². The van der Waals surface area contributed by atoms with E-state index in [0.29, 0.717) is 68.9 Å². The minimum absolute atomic E-state index is 0.0113. The molecule has 8 heterocycles. The van der Waals surface area contributed by atoms with Gasteiger partial charge in [0, 0.05) is 156 Å². The van der Waals surface area contributed by atoms with Gasteiger partial charge in [-0.2, -0.15) is 4.98 Å². The third-order valence-corrected chi connectivity index (χ3v) is 28.1. The number of nitrogens with two attached hydrogens (primary N) is 1. The number of carbonyl (C=O) groups excluding carboxylic acids is 7. The summed E-state index contributed by atoms with van der Waals surface area (Å²) in [6.07, 6.45) is 12.3. The Balaban J connectivity index is 0.597. The number of para-hydroxylation sites is 1. The molecule has 0 radical (unpaired) electrons. The predicted octanol–water partition coefficient (Wildman–Crippen LogP) is 5.40. The summed E-state index contributed by atoms with van der Waals surface area (Å²) in [6, 6.07) is 14.7. The van der Waals surface area contributed by atoms with Gasteiger partial charge in [0.25, 0.3) is 11.5 Å². The van der Waals surface area contributed by atoms with E-state index in [9.17, 15) is 68.7 Å². The number of ketones is 3. The summed E-state index contributed by atoms with van der Waals surface area (Å²) in [7, 11) is 5.65. The van der Waals surface area contributed by atoms with Crippen molar-refractivity contribution in [2.75, 3.05) is 69.1 Å². The molecule has 3 fully saturated rings. The number of likely N-dealkylation sites (N-methyl/N-ethyl adjacent to an activating group) is 1. The second-order valence-corrected chi connectivity index (χ2v) is 35.5. The summed E-state index contributed by atoms with van der Waals surface area (Å²) in [4.78, 5) is 160. The van der Waals surface area contributed by atoms with Gasteiger partial charge >= 0.3 is 18.0 Å². The molecule has 1 saturated carbocycles. The lowest BCUT2D eigenvalue weighted by Gasteiger charge is -2.64. The maximum absolute atomic E-state index is 15.5. The third kappa shape index (κ3) is 15.2. The Morgan fingerprint density at radius 1 is 0.862 bits per heavy atom. The van der Waals surface area contributed by atoms with E-state index in [1.54, 1.807) is 31.4 Å². The van der Waals surface area contributed by atoms with Crippen LogP contribution in [-0.2, 0) is 68.4 Å². The molecule has 3 aromatic heterocycles. The first-order valence-corrected chi connectivity index (χ1v) is 41.6. The summed E-state index contributed by atoms with van der Waals surface area (Å²) < 4.78 is 12.0. The van der Waals surface area contributed by atoms with E-state index in [-0.39, 0.29) is 72.4 Å². The first-order chi connectivity index (χ1) is 55.2. The number of carbonyl (C=O) groups is 9. The number of aliphatic hydroxyl groups is 3. The number of aliphatic carboxylic acids is 2. The van der Waals surface area contributed by atoms with Crippen LogP contribution in [0.1, 0.15) is 149 Å². The molecular weight excluding hydrogens is 1530 g/mol. The van der Waals surface area contributed by atoms with Crippen LogP contribution in [0.3, 0.4) is 0 Å². The Hall–Kier alpha value is -10.2. The molecule has 13 rings (SSSR count). The predicted molar refractivity (Wildman–Crippen MR) is 434 cm³/mol. The van der Waals surface area contributed by atoms with Gasteiger partial charge in [0.05, 0.1) is 54.6 Å². The summed E-state index contributed by atoms with van der Waals surface area (Å²) in [5.41, 5.74) is 10.0. The van der Waals surface area contributed by atoms with E-state index < -0.39 is 165 Å². The number of aromatic amines is 2. The number of methoxy groups -OCH3 is 1. The van der Waals surface area contributed by atoms with Gasteiger partial charge in [0.15, 0.2) is 34.1 Å². The number of aryl methyl sites for hydroxylation is 2. The molecule has 4 amide bonds. The van der Waals surface area contributed by atoms with Crippen LogP contribution in [0.15, 0.2) is 83.3 Å². The molecule has 8 bridgehead atoms. The summed E-state index contributed by atoms with van der Waals surface area (Å²) in [5, 5.41) is 68.0. The number of Topliss-reactive ketones (excluding diaryl/α,β-unsaturated/α-hetero) is 3. The fourth-order valence-corrected chi connectivity index (χ4v) is 22.4. The lowest BCUT2D eigenvalue weighted by atomic mass is 9.47. The molecular formula is C84H99N13O17S2. The minimum Gasteiger partial charge on any atom is -0.496 e. The zero-order valence-corrected chi connectivity index (χ0v) is 67.5. The van der Waals surface area contributed by atoms with Crippen molar-refractivity contribution in [3.8, 4) is 30.4 Å². The zero-order chi connectivity index (χ0) is 83.3. The molecule has 30 nitrogen and oxygen atoms in total. The molecule has 2 aliphatic carbocycles. The molecule has 2 unspecified atom stereocenters. The van der Waals surface area contributed by atoms with Crippen LogP contribution in [0.5, 0.6) is 5.75 Å². The number of fused-ring (bicyclic) bond motifs is 13. The SMILES string of the molecule is C#CC[C@H](NC(=O)CC[C@H](CC(=O)c1ccc(CCc2cnc3nc(N)[nH]c(=O)c3n2)cc1)C(=O)O)C(=O)C[C@@H](C)C(=O)N[C@@H](CC#C)C(=O)C[C@@H](CSSCCOC(=O)NNC(=O)[C@@]1(O)[C@H](O)[C@]2(CC)C=C(C)CN3[C@@H]2[C@@]24CC3(C)[C@]3(O)C[C@H]5CN(CCc6c([nH]c7ccccc67)[C@](C)(C5)c5cc2c(cc5OC)N(C)[C@@H]14)C3)C(=O)O. The Morgan fingerprint density at radius 2 is 1.58 bits per heavy atom. The Kier molecular flexibility index (Phi) is 23.9. The number of terminal acetylenes is 2. The lowest BCUT2D eigenvalue weighted by Crippen LogP contribution is -2.82. The van der Waals surface area contributed by atoms with Gasteiger partial charge in [0.1, 0.15) is 18.5 Å². The standard InChI is InChI=1S/C84H99N13O17S2/c1-10-15-58(88-65(101)26-24-50(71(104)105)32-61(98)49-22-19-47(20-23-49)21-25-52-39-86-68-66(87-52)70(103)92-77(85)91-68)62(99)31-46(5)69(102)90-59(16-11-2)63(100)33-51(72(106)107)42-116-115-30-29-114-78(110)94-93-76(109)84(112)74-83-43-80(7,97-40-45(4)36-81(12-3,73(83)97)75(84)108)82(111)38-48-37-79(6,56-34-55(83)60(95(74)8)35-64(56)113-9)67-54(27-28-96(41-48)44-82)53-17-13-14-18-57(53)89-67/h1-2,13-14,17-20,22-23,34-36,39,46,48,50-51,58-59,73-75,89,108,111-112H,12,15-16,21,24-33,37-38,40-44H2,3-9H3,(H,88,101)(H,90,102)(H,93,109)(H,94,110)(H,104,105)(H,106,107)(H3,85,86,91,92,103)/t46-,48+,50-,51+,58+,59+,73+,74-,75-,79-,80?,81-,82+,83-,84+/m1/s1. The number of hydrogen-bond acceptors (Lipinski definition) is 24. The number of benzene rings is 3. The molecule has 32 heteroatoms. The summed E-state index contributed by atoms with van der Waals surface area (Å²) in [5.74, 6) is -5.64. The molecule has 1 spiro atoms. The van der Waals surface area contributed by atoms with Crippen LogP contribution in [0.4, 0.5) is 16.4 Å². The number of H-pyrrole nitrogens is 2. The monoisotopic (exact) mass is 1630 g/mol. The number of hydrogen-bond donors (Lipinski definition) is 12. The van der Waals surface area contributed by atoms with E-state index in [0.717, 1.165) is 73.4 Å².